The first kappa shape index (κ1) is 18.5. The number of nitrogens with zero attached hydrogens (tertiary/aromatic N) is 3. The SMILES string of the molecule is Cc1c(C(C)(F)F)nc(N2C[C@@H](O)[C@@H]2C)nc1C12CNCC1C2CC(=O)O. The Balaban J connectivity index is 1.82. The molecule has 0 aromatic carbocycles. The van der Waals surface area contributed by atoms with Crippen LogP contribution >= 0.6 is 0 Å². The van der Waals surface area contributed by atoms with Crippen molar-refractivity contribution < 1.29 is 23.8 Å². The van der Waals surface area contributed by atoms with E-state index < -0.39 is 23.4 Å². The number of β-amino-alcohol motifs (C(OH)–C–C–N with tert-alkyl or cyclic N) is 1. The fraction of sp³-hybridized carbons (Fsp3) is 0.722. The van der Waals surface area contributed by atoms with Crippen molar-refractivity contribution in [1.82, 2.24) is 15.3 Å². The molecule has 1 aromatic rings. The smallest absolute Gasteiger partial charge is 0.303 e. The largest absolute Gasteiger partial charge is 0.481 e. The van der Waals surface area contributed by atoms with Gasteiger partial charge >= 0.3 is 5.97 Å². The minimum Gasteiger partial charge on any atom is -0.481 e. The first-order chi connectivity index (χ1) is 12.6. The number of halogens is 2. The predicted molar refractivity (Wildman–Crippen MR) is 92.9 cm³/mol. The standard InChI is InChI=1S/C18H24F2N4O3/c1-8-14(17(3,19)20)22-16(24-6-12(25)9(24)2)23-15(8)18-7-21-5-11(18)10(18)4-13(26)27/h9-12,21,25H,4-7H2,1-3H3,(H,26,27)/t9-,10?,11?,12+,18?/m0/s1. The first-order valence-electron chi connectivity index (χ1n) is 9.22. The van der Waals surface area contributed by atoms with Crippen LogP contribution in [0, 0.1) is 18.8 Å². The van der Waals surface area contributed by atoms with E-state index in [2.05, 4.69) is 15.3 Å². The van der Waals surface area contributed by atoms with Crippen molar-refractivity contribution in [3.05, 3.63) is 17.0 Å². The molecule has 0 spiro atoms. The van der Waals surface area contributed by atoms with E-state index in [1.807, 2.05) is 0 Å². The average molecular weight is 382 g/mol. The van der Waals surface area contributed by atoms with Crippen LogP contribution in [0.15, 0.2) is 0 Å². The van der Waals surface area contributed by atoms with Crippen molar-refractivity contribution in [2.45, 2.75) is 50.7 Å². The third kappa shape index (κ3) is 2.62. The van der Waals surface area contributed by atoms with E-state index in [4.69, 9.17) is 0 Å². The Bertz CT molecular complexity index is 800. The fourth-order valence-corrected chi connectivity index (χ4v) is 4.94. The summed E-state index contributed by atoms with van der Waals surface area (Å²) in [6, 6.07) is -0.247. The highest BCUT2D eigenvalue weighted by atomic mass is 19.3. The Kier molecular flexibility index (Phi) is 3.98. The summed E-state index contributed by atoms with van der Waals surface area (Å²) in [5.74, 6) is -3.88. The Hall–Kier alpha value is -1.87. The summed E-state index contributed by atoms with van der Waals surface area (Å²) < 4.78 is 28.6. The van der Waals surface area contributed by atoms with Gasteiger partial charge in [-0.25, -0.2) is 9.97 Å². The molecule has 0 bridgehead atoms. The van der Waals surface area contributed by atoms with Crippen LogP contribution in [-0.4, -0.2) is 57.9 Å². The molecule has 3 N–H and O–H groups in total. The van der Waals surface area contributed by atoms with Gasteiger partial charge in [0.05, 0.1) is 17.8 Å². The van der Waals surface area contributed by atoms with Gasteiger partial charge in [0.1, 0.15) is 5.69 Å². The summed E-state index contributed by atoms with van der Waals surface area (Å²) >= 11 is 0. The van der Waals surface area contributed by atoms with E-state index in [0.717, 1.165) is 6.92 Å². The number of aromatic nitrogens is 2. The highest BCUT2D eigenvalue weighted by Gasteiger charge is 2.69. The molecule has 9 heteroatoms. The van der Waals surface area contributed by atoms with E-state index >= 15 is 0 Å². The minimum absolute atomic E-state index is 0.00179. The fourth-order valence-electron chi connectivity index (χ4n) is 4.94. The van der Waals surface area contributed by atoms with Gasteiger partial charge in [-0.1, -0.05) is 0 Å². The van der Waals surface area contributed by atoms with Gasteiger partial charge in [-0.05, 0) is 37.8 Å². The molecule has 3 heterocycles. The molecule has 0 radical (unpaired) electrons. The molecule has 2 saturated heterocycles. The molecule has 3 fully saturated rings. The lowest BCUT2D eigenvalue weighted by atomic mass is 9.91. The number of piperidine rings is 1. The quantitative estimate of drug-likeness (QED) is 0.700. The summed E-state index contributed by atoms with van der Waals surface area (Å²) in [5, 5.41) is 22.3. The molecule has 5 atom stereocenters. The Labute approximate surface area is 155 Å². The number of carboxylic acid groups (broad SMARTS) is 1. The molecule has 2 aliphatic heterocycles. The molecule has 7 nitrogen and oxygen atoms in total. The molecular formula is C18H24F2N4O3. The van der Waals surface area contributed by atoms with Gasteiger partial charge in [0.25, 0.3) is 5.92 Å². The molecule has 148 valence electrons. The molecule has 3 unspecified atom stereocenters. The van der Waals surface area contributed by atoms with E-state index in [1.54, 1.807) is 18.7 Å². The lowest BCUT2D eigenvalue weighted by molar-refractivity contribution is -0.137. The lowest BCUT2D eigenvalue weighted by Crippen LogP contribution is -2.59. The van der Waals surface area contributed by atoms with Crippen molar-refractivity contribution in [1.29, 1.82) is 0 Å². The number of hydrogen-bond acceptors (Lipinski definition) is 6. The zero-order valence-electron chi connectivity index (χ0n) is 15.5. The maximum absolute atomic E-state index is 14.3. The third-order valence-corrected chi connectivity index (χ3v) is 6.56. The summed E-state index contributed by atoms with van der Waals surface area (Å²) in [6.45, 7) is 5.69. The van der Waals surface area contributed by atoms with Crippen LogP contribution in [0.1, 0.15) is 37.2 Å². The zero-order chi connectivity index (χ0) is 19.7. The summed E-state index contributed by atoms with van der Waals surface area (Å²) in [4.78, 5) is 21.8. The third-order valence-electron chi connectivity index (χ3n) is 6.56. The molecule has 0 amide bonds. The zero-order valence-corrected chi connectivity index (χ0v) is 15.5. The summed E-state index contributed by atoms with van der Waals surface area (Å²) in [6.07, 6.45) is -0.536. The van der Waals surface area contributed by atoms with E-state index in [1.165, 1.54) is 0 Å². The molecule has 4 rings (SSSR count). The number of aliphatic hydroxyl groups excluding tert-OH is 1. The number of carbonyl (C=O) groups is 1. The maximum atomic E-state index is 14.3. The van der Waals surface area contributed by atoms with Gasteiger partial charge in [-0.2, -0.15) is 8.78 Å². The van der Waals surface area contributed by atoms with Crippen LogP contribution in [-0.2, 0) is 16.1 Å². The van der Waals surface area contributed by atoms with E-state index in [-0.39, 0.29) is 35.9 Å². The maximum Gasteiger partial charge on any atom is 0.303 e. The van der Waals surface area contributed by atoms with Gasteiger partial charge in [0, 0.05) is 31.8 Å². The van der Waals surface area contributed by atoms with Crippen LogP contribution in [0.5, 0.6) is 0 Å². The molecular weight excluding hydrogens is 358 g/mol. The number of aliphatic hydroxyl groups is 1. The second-order valence-corrected chi connectivity index (χ2v) is 8.18. The molecule has 1 aromatic heterocycles. The van der Waals surface area contributed by atoms with Crippen LogP contribution in [0.25, 0.3) is 0 Å². The monoisotopic (exact) mass is 382 g/mol. The number of fused-ring (bicyclic) bond motifs is 1. The normalized spacial score (nSPS) is 35.0. The van der Waals surface area contributed by atoms with Crippen molar-refractivity contribution >= 4 is 11.9 Å². The van der Waals surface area contributed by atoms with Gasteiger partial charge in [0.2, 0.25) is 5.95 Å². The van der Waals surface area contributed by atoms with Crippen molar-refractivity contribution in [3.8, 4) is 0 Å². The number of carboxylic acids is 1. The average Bonchev–Trinajstić information content (AvgIpc) is 2.96. The summed E-state index contributed by atoms with van der Waals surface area (Å²) in [5.41, 5.74) is 0.00453. The second kappa shape index (κ2) is 5.81. The van der Waals surface area contributed by atoms with Gasteiger partial charge in [0.15, 0.2) is 0 Å². The highest BCUT2D eigenvalue weighted by Crippen LogP contribution is 2.64. The number of hydrogen-bond donors (Lipinski definition) is 3. The number of rotatable bonds is 5. The van der Waals surface area contributed by atoms with Crippen LogP contribution in [0.3, 0.4) is 0 Å². The first-order valence-corrected chi connectivity index (χ1v) is 9.22. The second-order valence-electron chi connectivity index (χ2n) is 8.18. The minimum atomic E-state index is -3.14. The topological polar surface area (TPSA) is 98.6 Å². The van der Waals surface area contributed by atoms with Crippen LogP contribution in [0.2, 0.25) is 0 Å². The Morgan fingerprint density at radius 2 is 2.15 bits per heavy atom. The van der Waals surface area contributed by atoms with E-state index in [0.29, 0.717) is 30.9 Å². The molecule has 3 aliphatic rings. The number of aliphatic carboxylic acids is 1. The summed E-state index contributed by atoms with van der Waals surface area (Å²) in [7, 11) is 0. The Morgan fingerprint density at radius 3 is 2.70 bits per heavy atom. The van der Waals surface area contributed by atoms with Crippen molar-refractivity contribution in [2.24, 2.45) is 11.8 Å². The van der Waals surface area contributed by atoms with Gasteiger partial charge in [-0.15, -0.1) is 0 Å². The van der Waals surface area contributed by atoms with Crippen LogP contribution in [0.4, 0.5) is 14.7 Å². The van der Waals surface area contributed by atoms with Gasteiger partial charge in [-0.3, -0.25) is 4.79 Å². The molecule has 1 aliphatic carbocycles. The van der Waals surface area contributed by atoms with E-state index in [9.17, 15) is 23.8 Å². The number of alkyl halides is 2. The molecule has 27 heavy (non-hydrogen) atoms. The lowest BCUT2D eigenvalue weighted by Gasteiger charge is -2.43. The highest BCUT2D eigenvalue weighted by molar-refractivity contribution is 5.69. The number of nitrogens with one attached hydrogen (secondary N) is 1. The van der Waals surface area contributed by atoms with Gasteiger partial charge < -0.3 is 20.4 Å². The van der Waals surface area contributed by atoms with Crippen molar-refractivity contribution in [2.75, 3.05) is 24.5 Å². The van der Waals surface area contributed by atoms with Crippen molar-refractivity contribution in [3.63, 3.8) is 0 Å². The Morgan fingerprint density at radius 1 is 1.44 bits per heavy atom. The molecule has 1 saturated carbocycles. The van der Waals surface area contributed by atoms with Crippen LogP contribution < -0.4 is 10.2 Å². The predicted octanol–water partition coefficient (Wildman–Crippen LogP) is 1.03. The number of anilines is 1.